The summed E-state index contributed by atoms with van der Waals surface area (Å²) in [6.07, 6.45) is 0. The Morgan fingerprint density at radius 3 is 2.35 bits per heavy atom. The summed E-state index contributed by atoms with van der Waals surface area (Å²) in [5.74, 6) is -0.621. The molecule has 0 N–H and O–H groups in total. The second-order valence-electron chi connectivity index (χ2n) is 5.24. The predicted octanol–water partition coefficient (Wildman–Crippen LogP) is 2.79. The number of halogens is 1. The summed E-state index contributed by atoms with van der Waals surface area (Å²) in [6, 6.07) is 15.1. The average Bonchev–Trinajstić information content (AvgIpc) is 3.11. The van der Waals surface area contributed by atoms with Crippen molar-refractivity contribution in [3.8, 4) is 0 Å². The molecule has 2 atom stereocenters. The van der Waals surface area contributed by atoms with Crippen LogP contribution in [0.5, 0.6) is 0 Å². The zero-order valence-corrected chi connectivity index (χ0v) is 14.0. The van der Waals surface area contributed by atoms with E-state index in [1.165, 1.54) is 9.91 Å². The minimum absolute atomic E-state index is 0.294. The number of para-hydroxylation sites is 2. The highest BCUT2D eigenvalue weighted by atomic mass is 127. The molecule has 2 amide bonds. The Morgan fingerprint density at radius 1 is 0.913 bits per heavy atom. The second kappa shape index (κ2) is 5.41. The maximum absolute atomic E-state index is 12.9. The lowest BCUT2D eigenvalue weighted by atomic mass is 10.1. The normalized spacial score (nSPS) is 22.8. The molecule has 0 bridgehead atoms. The summed E-state index contributed by atoms with van der Waals surface area (Å²) in [7, 11) is 0. The van der Waals surface area contributed by atoms with Gasteiger partial charge in [0.2, 0.25) is 0 Å². The highest BCUT2D eigenvalue weighted by Gasteiger charge is 2.55. The van der Waals surface area contributed by atoms with Crippen molar-refractivity contribution in [2.75, 3.05) is 9.91 Å². The van der Waals surface area contributed by atoms with E-state index < -0.39 is 12.1 Å². The first kappa shape index (κ1) is 14.3. The van der Waals surface area contributed by atoms with E-state index in [4.69, 9.17) is 0 Å². The van der Waals surface area contributed by atoms with Crippen LogP contribution in [-0.4, -0.2) is 23.9 Å². The standard InChI is InChI=1S/C16H11IN4O2/c17-11-8-4-5-9-12(11)20-15(22)13-14(16(20)23)21(19-18-13)10-6-2-1-3-7-10/h1-9,13-14H/t13-,14+/m0/s1. The lowest BCUT2D eigenvalue weighted by Crippen LogP contribution is -2.40. The van der Waals surface area contributed by atoms with Gasteiger partial charge in [-0.2, -0.15) is 5.11 Å². The minimum Gasteiger partial charge on any atom is -0.271 e. The minimum atomic E-state index is -0.779. The quantitative estimate of drug-likeness (QED) is 0.557. The van der Waals surface area contributed by atoms with Crippen LogP contribution in [0.3, 0.4) is 0 Å². The summed E-state index contributed by atoms with van der Waals surface area (Å²) in [4.78, 5) is 26.7. The number of carbonyl (C=O) groups excluding carboxylic acids is 2. The molecule has 2 heterocycles. The molecule has 0 radical (unpaired) electrons. The zero-order chi connectivity index (χ0) is 16.0. The first-order valence-corrected chi connectivity index (χ1v) is 8.14. The monoisotopic (exact) mass is 418 g/mol. The Kier molecular flexibility index (Phi) is 3.37. The second-order valence-corrected chi connectivity index (χ2v) is 6.40. The molecule has 1 fully saturated rings. The lowest BCUT2D eigenvalue weighted by molar-refractivity contribution is -0.121. The number of amides is 2. The number of nitrogens with zero attached hydrogens (tertiary/aromatic N) is 4. The van der Waals surface area contributed by atoms with Crippen molar-refractivity contribution >= 4 is 45.8 Å². The highest BCUT2D eigenvalue weighted by Crippen LogP contribution is 2.36. The average molecular weight is 418 g/mol. The van der Waals surface area contributed by atoms with Gasteiger partial charge in [0.05, 0.1) is 11.4 Å². The van der Waals surface area contributed by atoms with Gasteiger partial charge in [0, 0.05) is 3.57 Å². The van der Waals surface area contributed by atoms with Crippen LogP contribution in [-0.2, 0) is 9.59 Å². The van der Waals surface area contributed by atoms with Crippen molar-refractivity contribution in [2.45, 2.75) is 12.1 Å². The molecule has 0 saturated carbocycles. The van der Waals surface area contributed by atoms with Crippen molar-refractivity contribution in [3.63, 3.8) is 0 Å². The van der Waals surface area contributed by atoms with E-state index in [0.717, 1.165) is 9.26 Å². The Hall–Kier alpha value is -2.29. The third-order valence-electron chi connectivity index (χ3n) is 3.90. The number of carbonyl (C=O) groups is 2. The molecule has 2 aromatic carbocycles. The van der Waals surface area contributed by atoms with Gasteiger partial charge in [-0.15, -0.1) is 0 Å². The van der Waals surface area contributed by atoms with Gasteiger partial charge in [0.25, 0.3) is 11.8 Å². The number of anilines is 2. The van der Waals surface area contributed by atoms with Crippen LogP contribution in [0.25, 0.3) is 0 Å². The molecular weight excluding hydrogens is 407 g/mol. The number of rotatable bonds is 2. The molecule has 2 aromatic rings. The van der Waals surface area contributed by atoms with E-state index in [0.29, 0.717) is 5.69 Å². The van der Waals surface area contributed by atoms with Crippen LogP contribution in [0.2, 0.25) is 0 Å². The Morgan fingerprint density at radius 2 is 1.61 bits per heavy atom. The molecule has 7 heteroatoms. The van der Waals surface area contributed by atoms with Gasteiger partial charge < -0.3 is 0 Å². The number of hydrogen-bond acceptors (Lipinski definition) is 5. The van der Waals surface area contributed by atoms with E-state index in [1.54, 1.807) is 6.07 Å². The maximum atomic E-state index is 12.9. The summed E-state index contributed by atoms with van der Waals surface area (Å²) in [5.41, 5.74) is 1.34. The van der Waals surface area contributed by atoms with Crippen molar-refractivity contribution in [1.82, 2.24) is 0 Å². The number of imide groups is 1. The van der Waals surface area contributed by atoms with Gasteiger partial charge in [-0.1, -0.05) is 35.6 Å². The van der Waals surface area contributed by atoms with Gasteiger partial charge in [-0.25, -0.2) is 9.91 Å². The van der Waals surface area contributed by atoms with Gasteiger partial charge >= 0.3 is 0 Å². The number of fused-ring (bicyclic) bond motifs is 1. The highest BCUT2D eigenvalue weighted by molar-refractivity contribution is 14.1. The predicted molar refractivity (Wildman–Crippen MR) is 93.0 cm³/mol. The van der Waals surface area contributed by atoms with Gasteiger partial charge in [-0.3, -0.25) is 9.59 Å². The Labute approximate surface area is 145 Å². The van der Waals surface area contributed by atoms with E-state index in [9.17, 15) is 9.59 Å². The summed E-state index contributed by atoms with van der Waals surface area (Å²) < 4.78 is 0.843. The van der Waals surface area contributed by atoms with Gasteiger partial charge in [0.1, 0.15) is 0 Å². The molecule has 0 unspecified atom stereocenters. The van der Waals surface area contributed by atoms with E-state index >= 15 is 0 Å². The molecule has 1 saturated heterocycles. The molecule has 4 rings (SSSR count). The first-order valence-electron chi connectivity index (χ1n) is 7.06. The van der Waals surface area contributed by atoms with Crippen LogP contribution in [0.1, 0.15) is 0 Å². The zero-order valence-electron chi connectivity index (χ0n) is 11.8. The van der Waals surface area contributed by atoms with Gasteiger partial charge in [-0.05, 0) is 46.9 Å². The van der Waals surface area contributed by atoms with Crippen molar-refractivity contribution < 1.29 is 9.59 Å². The molecule has 6 nitrogen and oxygen atoms in total. The van der Waals surface area contributed by atoms with Gasteiger partial charge in [0.15, 0.2) is 12.1 Å². The number of hydrogen-bond donors (Lipinski definition) is 0. The molecular formula is C16H11IN4O2. The third-order valence-corrected chi connectivity index (χ3v) is 4.81. The van der Waals surface area contributed by atoms with Crippen molar-refractivity contribution in [1.29, 1.82) is 0 Å². The largest absolute Gasteiger partial charge is 0.271 e. The van der Waals surface area contributed by atoms with Crippen molar-refractivity contribution in [3.05, 3.63) is 58.2 Å². The molecule has 0 spiro atoms. The topological polar surface area (TPSA) is 65.3 Å². The Balaban J connectivity index is 1.74. The lowest BCUT2D eigenvalue weighted by Gasteiger charge is -2.21. The van der Waals surface area contributed by atoms with E-state index in [2.05, 4.69) is 32.9 Å². The molecule has 0 aromatic heterocycles. The molecule has 0 aliphatic carbocycles. The first-order chi connectivity index (χ1) is 11.2. The smallest absolute Gasteiger partial charge is 0.263 e. The van der Waals surface area contributed by atoms with Crippen LogP contribution < -0.4 is 9.91 Å². The summed E-state index contributed by atoms with van der Waals surface area (Å²) >= 11 is 2.12. The van der Waals surface area contributed by atoms with Crippen LogP contribution in [0, 0.1) is 3.57 Å². The molecule has 2 aliphatic rings. The molecule has 114 valence electrons. The van der Waals surface area contributed by atoms with E-state index in [1.807, 2.05) is 48.5 Å². The Bertz CT molecular complexity index is 824. The fourth-order valence-corrected chi connectivity index (χ4v) is 3.45. The van der Waals surface area contributed by atoms with Crippen molar-refractivity contribution in [2.24, 2.45) is 10.3 Å². The van der Waals surface area contributed by atoms with Crippen LogP contribution >= 0.6 is 22.6 Å². The molecule has 23 heavy (non-hydrogen) atoms. The SMILES string of the molecule is O=C1[C@H]2N=NN(c3ccccc3)[C@H]2C(=O)N1c1ccccc1I. The van der Waals surface area contributed by atoms with Crippen LogP contribution in [0.15, 0.2) is 64.9 Å². The number of benzene rings is 2. The maximum Gasteiger partial charge on any atom is 0.263 e. The van der Waals surface area contributed by atoms with Crippen LogP contribution in [0.4, 0.5) is 11.4 Å². The fraction of sp³-hybridized carbons (Fsp3) is 0.125. The molecule has 2 aliphatic heterocycles. The fourth-order valence-electron chi connectivity index (χ4n) is 2.82. The summed E-state index contributed by atoms with van der Waals surface area (Å²) in [6.45, 7) is 0. The van der Waals surface area contributed by atoms with E-state index in [-0.39, 0.29) is 11.8 Å². The third kappa shape index (κ3) is 2.14. The summed E-state index contributed by atoms with van der Waals surface area (Å²) in [5, 5.41) is 9.59.